The summed E-state index contributed by atoms with van der Waals surface area (Å²) in [4.78, 5) is 12.2. The largest absolute Gasteiger partial charge is 0.497 e. The van der Waals surface area contributed by atoms with E-state index in [1.165, 1.54) is 7.11 Å². The molecule has 0 aromatic heterocycles. The second-order valence-electron chi connectivity index (χ2n) is 4.41. The molecule has 4 nitrogen and oxygen atoms in total. The van der Waals surface area contributed by atoms with Crippen LogP contribution in [0.2, 0.25) is 0 Å². The van der Waals surface area contributed by atoms with Gasteiger partial charge in [-0.15, -0.1) is 0 Å². The van der Waals surface area contributed by atoms with Crippen molar-refractivity contribution in [2.75, 3.05) is 12.8 Å². The van der Waals surface area contributed by atoms with E-state index < -0.39 is 5.97 Å². The van der Waals surface area contributed by atoms with Crippen LogP contribution in [-0.4, -0.2) is 13.1 Å². The third kappa shape index (κ3) is 3.09. The van der Waals surface area contributed by atoms with E-state index in [4.69, 9.17) is 15.2 Å². The third-order valence-electron chi connectivity index (χ3n) is 3.03. The van der Waals surface area contributed by atoms with Gasteiger partial charge in [0.2, 0.25) is 0 Å². The van der Waals surface area contributed by atoms with E-state index in [0.29, 0.717) is 17.0 Å². The van der Waals surface area contributed by atoms with E-state index in [1.54, 1.807) is 18.2 Å². The Morgan fingerprint density at radius 2 is 1.85 bits per heavy atom. The highest BCUT2D eigenvalue weighted by Gasteiger charge is 2.16. The first-order valence-electron chi connectivity index (χ1n) is 6.31. The van der Waals surface area contributed by atoms with Crippen molar-refractivity contribution in [3.63, 3.8) is 0 Å². The van der Waals surface area contributed by atoms with Crippen molar-refractivity contribution in [3.8, 4) is 5.75 Å². The topological polar surface area (TPSA) is 61.5 Å². The fourth-order valence-electron chi connectivity index (χ4n) is 1.86. The first-order chi connectivity index (χ1) is 9.61. The van der Waals surface area contributed by atoms with Crippen LogP contribution in [0.5, 0.6) is 5.75 Å². The summed E-state index contributed by atoms with van der Waals surface area (Å²) < 4.78 is 10.5. The molecule has 2 N–H and O–H groups in total. The minimum absolute atomic E-state index is 0.312. The van der Waals surface area contributed by atoms with Crippen molar-refractivity contribution in [3.05, 3.63) is 59.7 Å². The number of nitrogens with two attached hydrogens (primary N) is 1. The summed E-state index contributed by atoms with van der Waals surface area (Å²) in [5.74, 6) is 0.108. The molecule has 0 fully saturated rings. The van der Waals surface area contributed by atoms with Crippen molar-refractivity contribution in [2.24, 2.45) is 0 Å². The second kappa shape index (κ2) is 6.10. The lowest BCUT2D eigenvalue weighted by Crippen LogP contribution is -2.11. The standard InChI is InChI=1S/C16H17NO3/c1-11(12-6-4-3-5-7-12)20-16(18)14-10-13(19-2)8-9-15(14)17/h3-11H,17H2,1-2H3. The van der Waals surface area contributed by atoms with E-state index in [9.17, 15) is 4.79 Å². The Bertz CT molecular complexity index is 596. The van der Waals surface area contributed by atoms with E-state index in [2.05, 4.69) is 0 Å². The van der Waals surface area contributed by atoms with Crippen molar-refractivity contribution in [1.82, 2.24) is 0 Å². The zero-order chi connectivity index (χ0) is 14.5. The number of benzene rings is 2. The van der Waals surface area contributed by atoms with Crippen LogP contribution < -0.4 is 10.5 Å². The Balaban J connectivity index is 2.16. The average Bonchev–Trinajstić information content (AvgIpc) is 2.48. The molecule has 0 bridgehead atoms. The molecule has 0 amide bonds. The molecule has 2 rings (SSSR count). The number of methoxy groups -OCH3 is 1. The molecule has 0 aliphatic carbocycles. The van der Waals surface area contributed by atoms with Gasteiger partial charge in [0.15, 0.2) is 0 Å². The molecule has 104 valence electrons. The normalized spacial score (nSPS) is 11.7. The molecule has 2 aromatic rings. The number of rotatable bonds is 4. The fraction of sp³-hybridized carbons (Fsp3) is 0.188. The van der Waals surface area contributed by atoms with E-state index in [-0.39, 0.29) is 6.10 Å². The quantitative estimate of drug-likeness (QED) is 0.685. The van der Waals surface area contributed by atoms with Crippen LogP contribution in [0, 0.1) is 0 Å². The zero-order valence-electron chi connectivity index (χ0n) is 11.5. The summed E-state index contributed by atoms with van der Waals surface area (Å²) in [5.41, 5.74) is 7.42. The predicted molar refractivity (Wildman–Crippen MR) is 77.7 cm³/mol. The molecular formula is C16H17NO3. The smallest absolute Gasteiger partial charge is 0.340 e. The van der Waals surface area contributed by atoms with Gasteiger partial charge < -0.3 is 15.2 Å². The number of anilines is 1. The molecule has 0 saturated heterocycles. The van der Waals surface area contributed by atoms with Gasteiger partial charge in [0.05, 0.1) is 12.7 Å². The molecule has 0 aliphatic heterocycles. The minimum Gasteiger partial charge on any atom is -0.497 e. The molecular weight excluding hydrogens is 254 g/mol. The molecule has 0 spiro atoms. The van der Waals surface area contributed by atoms with Crippen molar-refractivity contribution < 1.29 is 14.3 Å². The summed E-state index contributed by atoms with van der Waals surface area (Å²) in [7, 11) is 1.53. The number of ether oxygens (including phenoxy) is 2. The van der Waals surface area contributed by atoms with Crippen molar-refractivity contribution in [2.45, 2.75) is 13.0 Å². The first kappa shape index (κ1) is 13.9. The Morgan fingerprint density at radius 3 is 2.50 bits per heavy atom. The van der Waals surface area contributed by atoms with Crippen molar-refractivity contribution in [1.29, 1.82) is 0 Å². The van der Waals surface area contributed by atoms with Gasteiger partial charge >= 0.3 is 5.97 Å². The lowest BCUT2D eigenvalue weighted by Gasteiger charge is -2.14. The summed E-state index contributed by atoms with van der Waals surface area (Å²) >= 11 is 0. The Hall–Kier alpha value is -2.49. The highest BCUT2D eigenvalue weighted by molar-refractivity contribution is 5.95. The van der Waals surface area contributed by atoms with Gasteiger partial charge in [-0.1, -0.05) is 30.3 Å². The lowest BCUT2D eigenvalue weighted by molar-refractivity contribution is 0.0339. The first-order valence-corrected chi connectivity index (χ1v) is 6.31. The SMILES string of the molecule is COc1ccc(N)c(C(=O)OC(C)c2ccccc2)c1. The van der Waals surface area contributed by atoms with Gasteiger partial charge in [-0.05, 0) is 30.7 Å². The van der Waals surface area contributed by atoms with E-state index in [0.717, 1.165) is 5.56 Å². The van der Waals surface area contributed by atoms with Gasteiger partial charge in [-0.25, -0.2) is 4.79 Å². The Morgan fingerprint density at radius 1 is 1.15 bits per heavy atom. The number of nitrogen functional groups attached to an aromatic ring is 1. The summed E-state index contributed by atoms with van der Waals surface area (Å²) in [6.45, 7) is 1.82. The van der Waals surface area contributed by atoms with Gasteiger partial charge in [-0.3, -0.25) is 0 Å². The molecule has 0 aliphatic rings. The third-order valence-corrected chi connectivity index (χ3v) is 3.03. The Labute approximate surface area is 118 Å². The molecule has 1 atom stereocenters. The highest BCUT2D eigenvalue weighted by atomic mass is 16.5. The molecule has 4 heteroatoms. The van der Waals surface area contributed by atoms with Crippen LogP contribution in [-0.2, 0) is 4.74 Å². The monoisotopic (exact) mass is 271 g/mol. The summed E-state index contributed by atoms with van der Waals surface area (Å²) in [5, 5.41) is 0. The summed E-state index contributed by atoms with van der Waals surface area (Å²) in [6, 6.07) is 14.4. The molecule has 0 saturated carbocycles. The average molecular weight is 271 g/mol. The van der Waals surface area contributed by atoms with E-state index in [1.807, 2.05) is 37.3 Å². The number of hydrogen-bond acceptors (Lipinski definition) is 4. The Kier molecular flexibility index (Phi) is 4.25. The van der Waals surface area contributed by atoms with Crippen LogP contribution >= 0.6 is 0 Å². The number of hydrogen-bond donors (Lipinski definition) is 1. The maximum absolute atomic E-state index is 12.2. The lowest BCUT2D eigenvalue weighted by atomic mass is 10.1. The zero-order valence-corrected chi connectivity index (χ0v) is 11.5. The van der Waals surface area contributed by atoms with Crippen LogP contribution in [0.1, 0.15) is 28.9 Å². The molecule has 1 unspecified atom stereocenters. The maximum Gasteiger partial charge on any atom is 0.340 e. The summed E-state index contributed by atoms with van der Waals surface area (Å²) in [6.07, 6.45) is -0.339. The van der Waals surface area contributed by atoms with Crippen LogP contribution in [0.4, 0.5) is 5.69 Å². The molecule has 20 heavy (non-hydrogen) atoms. The second-order valence-corrected chi connectivity index (χ2v) is 4.41. The van der Waals surface area contributed by atoms with Gasteiger partial charge in [0, 0.05) is 5.69 Å². The molecule has 2 aromatic carbocycles. The molecule has 0 heterocycles. The highest BCUT2D eigenvalue weighted by Crippen LogP contribution is 2.23. The van der Waals surface area contributed by atoms with E-state index >= 15 is 0 Å². The number of esters is 1. The predicted octanol–water partition coefficient (Wildman–Crippen LogP) is 3.20. The fourth-order valence-corrected chi connectivity index (χ4v) is 1.86. The van der Waals surface area contributed by atoms with Crippen molar-refractivity contribution >= 4 is 11.7 Å². The van der Waals surface area contributed by atoms with Crippen LogP contribution in [0.3, 0.4) is 0 Å². The number of carbonyl (C=O) groups excluding carboxylic acids is 1. The number of carbonyl (C=O) groups is 1. The minimum atomic E-state index is -0.460. The van der Waals surface area contributed by atoms with Crippen LogP contribution in [0.25, 0.3) is 0 Å². The van der Waals surface area contributed by atoms with Gasteiger partial charge in [0.1, 0.15) is 11.9 Å². The van der Waals surface area contributed by atoms with Gasteiger partial charge in [0.25, 0.3) is 0 Å². The van der Waals surface area contributed by atoms with Crippen LogP contribution in [0.15, 0.2) is 48.5 Å². The maximum atomic E-state index is 12.2. The molecule has 0 radical (unpaired) electrons. The van der Waals surface area contributed by atoms with Gasteiger partial charge in [-0.2, -0.15) is 0 Å².